The first-order valence-corrected chi connectivity index (χ1v) is 4.55. The molecule has 0 N–H and O–H groups in total. The van der Waals surface area contributed by atoms with Crippen LogP contribution < -0.4 is 4.90 Å². The highest BCUT2D eigenvalue weighted by molar-refractivity contribution is 5.94. The van der Waals surface area contributed by atoms with Crippen LogP contribution in [0.1, 0.15) is 6.92 Å². The molecule has 0 aliphatic carbocycles. The second-order valence-corrected chi connectivity index (χ2v) is 3.09. The van der Waals surface area contributed by atoms with Crippen molar-refractivity contribution >= 4 is 17.6 Å². The summed E-state index contributed by atoms with van der Waals surface area (Å²) in [6.07, 6.45) is -0.531. The maximum absolute atomic E-state index is 11.4. The Labute approximate surface area is 88.5 Å². The van der Waals surface area contributed by atoms with Crippen LogP contribution in [-0.4, -0.2) is 25.5 Å². The van der Waals surface area contributed by atoms with Crippen molar-refractivity contribution < 1.29 is 14.3 Å². The number of nitrogens with zero attached hydrogens (tertiary/aromatic N) is 1. The van der Waals surface area contributed by atoms with Crippen LogP contribution in [0.15, 0.2) is 30.3 Å². The molecule has 80 valence electrons. The highest BCUT2D eigenvalue weighted by atomic mass is 16.5. The van der Waals surface area contributed by atoms with E-state index in [1.807, 2.05) is 6.07 Å². The molecular weight excluding hydrogens is 194 g/mol. The molecule has 0 aliphatic rings. The topological polar surface area (TPSA) is 46.6 Å². The van der Waals surface area contributed by atoms with Crippen molar-refractivity contribution in [2.45, 2.75) is 6.92 Å². The van der Waals surface area contributed by atoms with E-state index in [2.05, 4.69) is 4.74 Å². The Morgan fingerprint density at radius 2 is 1.87 bits per heavy atom. The van der Waals surface area contributed by atoms with Crippen LogP contribution in [0.5, 0.6) is 0 Å². The fraction of sp³-hybridized carbons (Fsp3) is 0.273. The van der Waals surface area contributed by atoms with Crippen molar-refractivity contribution in [2.75, 3.05) is 18.6 Å². The van der Waals surface area contributed by atoms with Crippen molar-refractivity contribution in [1.82, 2.24) is 0 Å². The van der Waals surface area contributed by atoms with Crippen LogP contribution in [0, 0.1) is 0 Å². The number of hydrogen-bond acceptors (Lipinski definition) is 3. The Morgan fingerprint density at radius 1 is 1.27 bits per heavy atom. The van der Waals surface area contributed by atoms with E-state index in [9.17, 15) is 9.59 Å². The van der Waals surface area contributed by atoms with Gasteiger partial charge in [-0.3, -0.25) is 9.69 Å². The van der Waals surface area contributed by atoms with Crippen LogP contribution in [0.25, 0.3) is 0 Å². The van der Waals surface area contributed by atoms with Crippen molar-refractivity contribution in [3.05, 3.63) is 30.3 Å². The number of anilines is 1. The molecular formula is C11H13NO3. The third-order valence-electron chi connectivity index (χ3n) is 1.84. The van der Waals surface area contributed by atoms with Gasteiger partial charge in [-0.2, -0.15) is 0 Å². The number of Topliss-reactive ketones (excluding diaryl/α,β-unsaturated/α-hetero) is 1. The summed E-state index contributed by atoms with van der Waals surface area (Å²) in [6.45, 7) is 1.45. The SMILES string of the molecule is COC(=O)N(CC(C)=O)c1ccccc1. The van der Waals surface area contributed by atoms with Crippen molar-refractivity contribution in [3.63, 3.8) is 0 Å². The number of rotatable bonds is 3. The molecule has 0 fully saturated rings. The van der Waals surface area contributed by atoms with E-state index in [1.165, 1.54) is 18.9 Å². The molecule has 1 aromatic carbocycles. The van der Waals surface area contributed by atoms with E-state index >= 15 is 0 Å². The van der Waals surface area contributed by atoms with Gasteiger partial charge in [0.15, 0.2) is 0 Å². The largest absolute Gasteiger partial charge is 0.452 e. The highest BCUT2D eigenvalue weighted by Gasteiger charge is 2.17. The van der Waals surface area contributed by atoms with Crippen molar-refractivity contribution in [3.8, 4) is 0 Å². The van der Waals surface area contributed by atoms with E-state index in [-0.39, 0.29) is 12.3 Å². The number of para-hydroxylation sites is 1. The van der Waals surface area contributed by atoms with Gasteiger partial charge in [0, 0.05) is 5.69 Å². The summed E-state index contributed by atoms with van der Waals surface area (Å²) in [4.78, 5) is 23.7. The molecule has 4 heteroatoms. The number of methoxy groups -OCH3 is 1. The molecule has 0 radical (unpaired) electrons. The van der Waals surface area contributed by atoms with Crippen LogP contribution >= 0.6 is 0 Å². The molecule has 0 bridgehead atoms. The maximum Gasteiger partial charge on any atom is 0.414 e. The zero-order valence-electron chi connectivity index (χ0n) is 8.77. The van der Waals surface area contributed by atoms with E-state index in [1.54, 1.807) is 24.3 Å². The standard InChI is InChI=1S/C11H13NO3/c1-9(13)8-12(11(14)15-2)10-6-4-3-5-7-10/h3-7H,8H2,1-2H3. The molecule has 0 spiro atoms. The van der Waals surface area contributed by atoms with Gasteiger partial charge in [-0.1, -0.05) is 18.2 Å². The normalized spacial score (nSPS) is 9.47. The lowest BCUT2D eigenvalue weighted by atomic mass is 10.3. The van der Waals surface area contributed by atoms with Gasteiger partial charge < -0.3 is 4.74 Å². The average molecular weight is 207 g/mol. The van der Waals surface area contributed by atoms with Gasteiger partial charge in [0.1, 0.15) is 5.78 Å². The molecule has 1 aromatic rings. The number of amides is 1. The summed E-state index contributed by atoms with van der Waals surface area (Å²) in [5, 5.41) is 0. The Balaban J connectivity index is 2.91. The quantitative estimate of drug-likeness (QED) is 0.759. The van der Waals surface area contributed by atoms with Gasteiger partial charge in [0.25, 0.3) is 0 Å². The van der Waals surface area contributed by atoms with Gasteiger partial charge in [-0.15, -0.1) is 0 Å². The van der Waals surface area contributed by atoms with Gasteiger partial charge >= 0.3 is 6.09 Å². The van der Waals surface area contributed by atoms with Crippen LogP contribution in [0.2, 0.25) is 0 Å². The van der Waals surface area contributed by atoms with Crippen LogP contribution in [0.3, 0.4) is 0 Å². The zero-order chi connectivity index (χ0) is 11.3. The minimum Gasteiger partial charge on any atom is -0.452 e. The Morgan fingerprint density at radius 3 is 2.33 bits per heavy atom. The summed E-state index contributed by atoms with van der Waals surface area (Å²) < 4.78 is 4.60. The third-order valence-corrected chi connectivity index (χ3v) is 1.84. The van der Waals surface area contributed by atoms with E-state index in [0.29, 0.717) is 5.69 Å². The molecule has 0 aliphatic heterocycles. The summed E-state index contributed by atoms with van der Waals surface area (Å²) in [6, 6.07) is 8.93. The van der Waals surface area contributed by atoms with Gasteiger partial charge in [-0.25, -0.2) is 4.79 Å². The summed E-state index contributed by atoms with van der Waals surface area (Å²) >= 11 is 0. The zero-order valence-corrected chi connectivity index (χ0v) is 8.77. The molecule has 0 atom stereocenters. The summed E-state index contributed by atoms with van der Waals surface area (Å²) in [5.74, 6) is -0.0933. The monoisotopic (exact) mass is 207 g/mol. The van der Waals surface area contributed by atoms with Crippen LogP contribution in [-0.2, 0) is 9.53 Å². The predicted octanol–water partition coefficient (Wildman–Crippen LogP) is 1.85. The number of ketones is 1. The second kappa shape index (κ2) is 5.14. The summed E-state index contributed by atoms with van der Waals surface area (Å²) in [7, 11) is 1.29. The molecule has 15 heavy (non-hydrogen) atoms. The average Bonchev–Trinajstić information content (AvgIpc) is 2.26. The molecule has 0 heterocycles. The van der Waals surface area contributed by atoms with Gasteiger partial charge in [0.05, 0.1) is 13.7 Å². The number of hydrogen-bond donors (Lipinski definition) is 0. The minimum absolute atomic E-state index is 0.0245. The van der Waals surface area contributed by atoms with Crippen LogP contribution in [0.4, 0.5) is 10.5 Å². The fourth-order valence-corrected chi connectivity index (χ4v) is 1.20. The molecule has 1 amide bonds. The number of benzene rings is 1. The van der Waals surface area contributed by atoms with Crippen molar-refractivity contribution in [2.24, 2.45) is 0 Å². The van der Waals surface area contributed by atoms with E-state index < -0.39 is 6.09 Å². The van der Waals surface area contributed by atoms with Crippen molar-refractivity contribution in [1.29, 1.82) is 0 Å². The number of carbonyl (C=O) groups excluding carboxylic acids is 2. The molecule has 0 saturated carbocycles. The molecule has 0 unspecified atom stereocenters. The molecule has 4 nitrogen and oxygen atoms in total. The summed E-state index contributed by atoms with van der Waals surface area (Å²) in [5.41, 5.74) is 0.652. The predicted molar refractivity (Wildman–Crippen MR) is 56.9 cm³/mol. The first-order chi connectivity index (χ1) is 7.15. The van der Waals surface area contributed by atoms with Gasteiger partial charge in [-0.05, 0) is 19.1 Å². The lowest BCUT2D eigenvalue weighted by Gasteiger charge is -2.19. The Kier molecular flexibility index (Phi) is 3.85. The van der Waals surface area contributed by atoms with Gasteiger partial charge in [0.2, 0.25) is 0 Å². The third kappa shape index (κ3) is 3.09. The lowest BCUT2D eigenvalue weighted by Crippen LogP contribution is -2.34. The molecule has 0 saturated heterocycles. The smallest absolute Gasteiger partial charge is 0.414 e. The Bertz CT molecular complexity index is 348. The maximum atomic E-state index is 11.4. The lowest BCUT2D eigenvalue weighted by molar-refractivity contribution is -0.115. The highest BCUT2D eigenvalue weighted by Crippen LogP contribution is 2.13. The number of ether oxygens (including phenoxy) is 1. The second-order valence-electron chi connectivity index (χ2n) is 3.09. The van der Waals surface area contributed by atoms with E-state index in [0.717, 1.165) is 0 Å². The first-order valence-electron chi connectivity index (χ1n) is 4.55. The molecule has 1 rings (SSSR count). The van der Waals surface area contributed by atoms with E-state index in [4.69, 9.17) is 0 Å². The minimum atomic E-state index is -0.531. The number of carbonyl (C=O) groups is 2. The first kappa shape index (κ1) is 11.2. The fourth-order valence-electron chi connectivity index (χ4n) is 1.20. The Hall–Kier alpha value is -1.84. The molecule has 0 aromatic heterocycles.